The molecule has 1 unspecified atom stereocenters. The quantitative estimate of drug-likeness (QED) is 0.864. The van der Waals surface area contributed by atoms with Crippen LogP contribution >= 0.6 is 11.3 Å². The van der Waals surface area contributed by atoms with Gasteiger partial charge in [-0.15, -0.1) is 11.3 Å². The van der Waals surface area contributed by atoms with Crippen molar-refractivity contribution in [2.45, 2.75) is 44.7 Å². The average molecular weight is 252 g/mol. The lowest BCUT2D eigenvalue weighted by Gasteiger charge is -2.25. The number of hydrogen-bond acceptors (Lipinski definition) is 3. The highest BCUT2D eigenvalue weighted by Crippen LogP contribution is 2.22. The minimum atomic E-state index is 0.0118. The summed E-state index contributed by atoms with van der Waals surface area (Å²) in [5.41, 5.74) is 0. The van der Waals surface area contributed by atoms with Crippen molar-refractivity contribution in [3.63, 3.8) is 0 Å². The van der Waals surface area contributed by atoms with Gasteiger partial charge in [-0.25, -0.2) is 0 Å². The van der Waals surface area contributed by atoms with Gasteiger partial charge < -0.3 is 10.6 Å². The first kappa shape index (κ1) is 12.6. The van der Waals surface area contributed by atoms with Crippen LogP contribution in [0.4, 0.5) is 0 Å². The van der Waals surface area contributed by atoms with Crippen LogP contribution in [0.25, 0.3) is 0 Å². The molecule has 1 aliphatic heterocycles. The van der Waals surface area contributed by atoms with Crippen molar-refractivity contribution in [1.29, 1.82) is 0 Å². The van der Waals surface area contributed by atoms with Gasteiger partial charge in [0.05, 0.1) is 12.1 Å². The van der Waals surface area contributed by atoms with E-state index in [0.29, 0.717) is 0 Å². The number of hydrogen-bond donors (Lipinski definition) is 2. The third-order valence-electron chi connectivity index (χ3n) is 3.24. The summed E-state index contributed by atoms with van der Waals surface area (Å²) in [6, 6.07) is 4.31. The van der Waals surface area contributed by atoms with E-state index in [0.717, 1.165) is 25.8 Å². The fourth-order valence-corrected chi connectivity index (χ4v) is 3.07. The summed E-state index contributed by atoms with van der Waals surface area (Å²) < 4.78 is 0. The molecule has 1 aliphatic rings. The maximum absolute atomic E-state index is 12.1. The Labute approximate surface area is 107 Å². The Bertz CT molecular complexity index is 344. The summed E-state index contributed by atoms with van der Waals surface area (Å²) in [5, 5.41) is 8.49. The van der Waals surface area contributed by atoms with Crippen molar-refractivity contribution in [1.82, 2.24) is 10.6 Å². The number of nitrogens with one attached hydrogen (secondary N) is 2. The first-order valence-corrected chi connectivity index (χ1v) is 7.26. The van der Waals surface area contributed by atoms with Crippen LogP contribution in [-0.2, 0) is 4.79 Å². The lowest BCUT2D eigenvalue weighted by atomic mass is 10.0. The molecule has 1 amide bonds. The molecule has 0 aromatic carbocycles. The second-order valence-corrected chi connectivity index (χ2v) is 5.47. The first-order valence-electron chi connectivity index (χ1n) is 6.38. The van der Waals surface area contributed by atoms with Gasteiger partial charge in [-0.1, -0.05) is 19.4 Å². The molecule has 2 rings (SSSR count). The van der Waals surface area contributed by atoms with Crippen LogP contribution in [0.1, 0.15) is 43.5 Å². The zero-order valence-electron chi connectivity index (χ0n) is 10.2. The summed E-state index contributed by atoms with van der Waals surface area (Å²) in [5.74, 6) is 0.157. The molecule has 0 saturated carbocycles. The molecule has 2 atom stereocenters. The largest absolute Gasteiger partial charge is 0.347 e. The third kappa shape index (κ3) is 3.30. The minimum absolute atomic E-state index is 0.0118. The molecule has 17 heavy (non-hydrogen) atoms. The molecule has 3 nitrogen and oxygen atoms in total. The van der Waals surface area contributed by atoms with Crippen LogP contribution in [0, 0.1) is 0 Å². The molecule has 1 saturated heterocycles. The fraction of sp³-hybridized carbons (Fsp3) is 0.615. The molecule has 1 fully saturated rings. The Morgan fingerprint density at radius 2 is 2.53 bits per heavy atom. The summed E-state index contributed by atoms with van der Waals surface area (Å²) in [7, 11) is 0. The van der Waals surface area contributed by atoms with Gasteiger partial charge in [-0.3, -0.25) is 4.79 Å². The van der Waals surface area contributed by atoms with E-state index in [-0.39, 0.29) is 18.0 Å². The maximum atomic E-state index is 12.1. The van der Waals surface area contributed by atoms with Gasteiger partial charge in [0.25, 0.3) is 0 Å². The number of amides is 1. The Balaban J connectivity index is 1.92. The van der Waals surface area contributed by atoms with Crippen molar-refractivity contribution in [3.05, 3.63) is 22.4 Å². The predicted octanol–water partition coefficient (Wildman–Crippen LogP) is 2.46. The molecule has 2 N–H and O–H groups in total. The number of carbonyl (C=O) groups is 1. The molecule has 4 heteroatoms. The van der Waals surface area contributed by atoms with E-state index < -0.39 is 0 Å². The summed E-state index contributed by atoms with van der Waals surface area (Å²) in [6.45, 7) is 3.08. The Kier molecular flexibility index (Phi) is 4.57. The Morgan fingerprint density at radius 3 is 3.12 bits per heavy atom. The molecular weight excluding hydrogens is 232 g/mol. The van der Waals surface area contributed by atoms with E-state index >= 15 is 0 Å². The number of carbonyl (C=O) groups excluding carboxylic acids is 1. The van der Waals surface area contributed by atoms with Gasteiger partial charge >= 0.3 is 0 Å². The minimum Gasteiger partial charge on any atom is -0.347 e. The highest BCUT2D eigenvalue weighted by Gasteiger charge is 2.23. The van der Waals surface area contributed by atoms with Crippen LogP contribution < -0.4 is 10.6 Å². The normalized spacial score (nSPS) is 22.1. The molecular formula is C13H20N2OS. The van der Waals surface area contributed by atoms with Gasteiger partial charge in [0.2, 0.25) is 5.91 Å². The molecule has 1 aromatic rings. The van der Waals surface area contributed by atoms with E-state index in [4.69, 9.17) is 0 Å². The standard InChI is InChI=1S/C13H20N2OS/c1-2-10(12-7-5-9-17-12)15-13(16)11-6-3-4-8-14-11/h5,7,9-11,14H,2-4,6,8H2,1H3,(H,15,16)/t10?,11-/m0/s1. The van der Waals surface area contributed by atoms with Crippen molar-refractivity contribution < 1.29 is 4.79 Å². The Hall–Kier alpha value is -0.870. The average Bonchev–Trinajstić information content (AvgIpc) is 2.90. The van der Waals surface area contributed by atoms with Crippen molar-refractivity contribution in [2.75, 3.05) is 6.54 Å². The van der Waals surface area contributed by atoms with Gasteiger partial charge in [0.15, 0.2) is 0 Å². The van der Waals surface area contributed by atoms with E-state index in [2.05, 4.69) is 29.0 Å². The number of piperidine rings is 1. The van der Waals surface area contributed by atoms with Gasteiger partial charge in [0, 0.05) is 4.88 Å². The zero-order valence-corrected chi connectivity index (χ0v) is 11.1. The van der Waals surface area contributed by atoms with Crippen LogP contribution in [0.2, 0.25) is 0 Å². The fourth-order valence-electron chi connectivity index (χ4n) is 2.21. The second-order valence-electron chi connectivity index (χ2n) is 4.49. The van der Waals surface area contributed by atoms with Crippen molar-refractivity contribution in [3.8, 4) is 0 Å². The second kappa shape index (κ2) is 6.17. The summed E-state index contributed by atoms with van der Waals surface area (Å²) in [6.07, 6.45) is 4.25. The van der Waals surface area contributed by atoms with Crippen molar-refractivity contribution >= 4 is 17.2 Å². The van der Waals surface area contributed by atoms with Gasteiger partial charge in [-0.05, 0) is 37.3 Å². The highest BCUT2D eigenvalue weighted by molar-refractivity contribution is 7.10. The number of rotatable bonds is 4. The number of thiophene rings is 1. The molecule has 0 bridgehead atoms. The molecule has 0 spiro atoms. The van der Waals surface area contributed by atoms with Crippen LogP contribution in [0.3, 0.4) is 0 Å². The maximum Gasteiger partial charge on any atom is 0.237 e. The SMILES string of the molecule is CCC(NC(=O)[C@@H]1CCCCN1)c1cccs1. The highest BCUT2D eigenvalue weighted by atomic mass is 32.1. The van der Waals surface area contributed by atoms with Gasteiger partial charge in [0.1, 0.15) is 0 Å². The Morgan fingerprint density at radius 1 is 1.65 bits per heavy atom. The zero-order chi connectivity index (χ0) is 12.1. The van der Waals surface area contributed by atoms with Crippen LogP contribution in [-0.4, -0.2) is 18.5 Å². The van der Waals surface area contributed by atoms with E-state index in [1.165, 1.54) is 11.3 Å². The topological polar surface area (TPSA) is 41.1 Å². The smallest absolute Gasteiger partial charge is 0.237 e. The summed E-state index contributed by atoms with van der Waals surface area (Å²) >= 11 is 1.71. The predicted molar refractivity (Wildman–Crippen MR) is 71.1 cm³/mol. The third-order valence-corrected chi connectivity index (χ3v) is 4.22. The molecule has 94 valence electrons. The van der Waals surface area contributed by atoms with Crippen LogP contribution in [0.15, 0.2) is 17.5 Å². The molecule has 0 aliphatic carbocycles. The molecule has 1 aromatic heterocycles. The van der Waals surface area contributed by atoms with E-state index in [9.17, 15) is 4.79 Å². The first-order chi connectivity index (χ1) is 8.31. The van der Waals surface area contributed by atoms with Crippen LogP contribution in [0.5, 0.6) is 0 Å². The van der Waals surface area contributed by atoms with E-state index in [1.54, 1.807) is 11.3 Å². The van der Waals surface area contributed by atoms with Gasteiger partial charge in [-0.2, -0.15) is 0 Å². The molecule has 2 heterocycles. The van der Waals surface area contributed by atoms with Crippen molar-refractivity contribution in [2.24, 2.45) is 0 Å². The lowest BCUT2D eigenvalue weighted by molar-refractivity contribution is -0.124. The lowest BCUT2D eigenvalue weighted by Crippen LogP contribution is -2.47. The molecule has 0 radical (unpaired) electrons. The van der Waals surface area contributed by atoms with E-state index in [1.807, 2.05) is 6.07 Å². The summed E-state index contributed by atoms with van der Waals surface area (Å²) in [4.78, 5) is 13.3. The monoisotopic (exact) mass is 252 g/mol.